The van der Waals surface area contributed by atoms with Crippen LogP contribution in [0, 0.1) is 0 Å². The lowest BCUT2D eigenvalue weighted by Gasteiger charge is -2.21. The second-order valence-corrected chi connectivity index (χ2v) is 6.45. The van der Waals surface area contributed by atoms with E-state index in [0.29, 0.717) is 24.9 Å². The molecule has 3 rings (SSSR count). The standard InChI is InChI=1S/C20H23N3O2/c1-14-13-18(20(25)23(14)16-8-3-2-4-9-16)22-19(24)12-11-15-7-5-6-10-17(15)21/h2-10,14,18H,11-13,21H2,1H3,(H,22,24)/t14-,18-/m0/s1. The Hall–Kier alpha value is -2.82. The van der Waals surface area contributed by atoms with Gasteiger partial charge in [-0.05, 0) is 43.5 Å². The minimum absolute atomic E-state index is 0.0497. The predicted octanol–water partition coefficient (Wildman–Crippen LogP) is 2.51. The first-order valence-electron chi connectivity index (χ1n) is 8.57. The molecule has 0 unspecified atom stereocenters. The first kappa shape index (κ1) is 17.0. The molecular formula is C20H23N3O2. The molecule has 1 fully saturated rings. The maximum absolute atomic E-state index is 12.7. The Labute approximate surface area is 147 Å². The van der Waals surface area contributed by atoms with Crippen molar-refractivity contribution < 1.29 is 9.59 Å². The first-order chi connectivity index (χ1) is 12.1. The van der Waals surface area contributed by atoms with Crippen molar-refractivity contribution in [3.8, 4) is 0 Å². The fraction of sp³-hybridized carbons (Fsp3) is 0.300. The summed E-state index contributed by atoms with van der Waals surface area (Å²) >= 11 is 0. The van der Waals surface area contributed by atoms with Gasteiger partial charge in [-0.2, -0.15) is 0 Å². The summed E-state index contributed by atoms with van der Waals surface area (Å²) in [7, 11) is 0. The van der Waals surface area contributed by atoms with Crippen LogP contribution < -0.4 is 16.0 Å². The van der Waals surface area contributed by atoms with Crippen LogP contribution in [0.2, 0.25) is 0 Å². The molecule has 0 aliphatic carbocycles. The van der Waals surface area contributed by atoms with Gasteiger partial charge >= 0.3 is 0 Å². The van der Waals surface area contributed by atoms with Crippen molar-refractivity contribution in [3.05, 3.63) is 60.2 Å². The summed E-state index contributed by atoms with van der Waals surface area (Å²) in [6.45, 7) is 2.00. The molecule has 1 saturated heterocycles. The maximum Gasteiger partial charge on any atom is 0.249 e. The molecule has 130 valence electrons. The molecule has 5 heteroatoms. The second-order valence-electron chi connectivity index (χ2n) is 6.45. The highest BCUT2D eigenvalue weighted by molar-refractivity contribution is 6.02. The smallest absolute Gasteiger partial charge is 0.249 e. The Bertz CT molecular complexity index is 761. The summed E-state index contributed by atoms with van der Waals surface area (Å²) in [5, 5.41) is 2.88. The summed E-state index contributed by atoms with van der Waals surface area (Å²) in [6, 6.07) is 16.7. The number of para-hydroxylation sites is 2. The number of aryl methyl sites for hydroxylation is 1. The summed E-state index contributed by atoms with van der Waals surface area (Å²) in [5.74, 6) is -0.171. The topological polar surface area (TPSA) is 75.4 Å². The van der Waals surface area contributed by atoms with Crippen LogP contribution in [0.4, 0.5) is 11.4 Å². The van der Waals surface area contributed by atoms with Crippen molar-refractivity contribution in [3.63, 3.8) is 0 Å². The molecule has 0 saturated carbocycles. The van der Waals surface area contributed by atoms with Gasteiger partial charge in [-0.3, -0.25) is 9.59 Å². The van der Waals surface area contributed by atoms with Gasteiger partial charge < -0.3 is 16.0 Å². The van der Waals surface area contributed by atoms with E-state index >= 15 is 0 Å². The minimum Gasteiger partial charge on any atom is -0.399 e. The number of carbonyl (C=O) groups is 2. The third-order valence-corrected chi connectivity index (χ3v) is 4.60. The number of rotatable bonds is 5. The molecule has 2 aromatic carbocycles. The van der Waals surface area contributed by atoms with Crippen LogP contribution in [0.5, 0.6) is 0 Å². The van der Waals surface area contributed by atoms with Gasteiger partial charge in [0.2, 0.25) is 11.8 Å². The van der Waals surface area contributed by atoms with Gasteiger partial charge in [-0.1, -0.05) is 36.4 Å². The molecule has 0 radical (unpaired) electrons. The van der Waals surface area contributed by atoms with Crippen LogP contribution in [0.15, 0.2) is 54.6 Å². The Kier molecular flexibility index (Phi) is 5.03. The largest absolute Gasteiger partial charge is 0.399 e. The maximum atomic E-state index is 12.7. The lowest BCUT2D eigenvalue weighted by molar-refractivity contribution is -0.126. The Morgan fingerprint density at radius 1 is 1.16 bits per heavy atom. The summed E-state index contributed by atoms with van der Waals surface area (Å²) < 4.78 is 0. The first-order valence-corrected chi connectivity index (χ1v) is 8.57. The average molecular weight is 337 g/mol. The Morgan fingerprint density at radius 3 is 2.56 bits per heavy atom. The molecule has 3 N–H and O–H groups in total. The van der Waals surface area contributed by atoms with Crippen molar-refractivity contribution in [2.24, 2.45) is 0 Å². The number of anilines is 2. The van der Waals surface area contributed by atoms with Crippen molar-refractivity contribution in [1.82, 2.24) is 5.32 Å². The lowest BCUT2D eigenvalue weighted by atomic mass is 10.1. The highest BCUT2D eigenvalue weighted by atomic mass is 16.2. The highest BCUT2D eigenvalue weighted by Crippen LogP contribution is 2.26. The van der Waals surface area contributed by atoms with Gasteiger partial charge in [0.1, 0.15) is 6.04 Å². The zero-order chi connectivity index (χ0) is 17.8. The molecule has 2 atom stereocenters. The molecule has 0 aromatic heterocycles. The molecule has 25 heavy (non-hydrogen) atoms. The van der Waals surface area contributed by atoms with Gasteiger partial charge in [0.15, 0.2) is 0 Å². The highest BCUT2D eigenvalue weighted by Gasteiger charge is 2.38. The van der Waals surface area contributed by atoms with E-state index in [2.05, 4.69) is 5.32 Å². The lowest BCUT2D eigenvalue weighted by Crippen LogP contribution is -2.42. The predicted molar refractivity (Wildman–Crippen MR) is 99.1 cm³/mol. The number of carbonyl (C=O) groups excluding carboxylic acids is 2. The number of hydrogen-bond acceptors (Lipinski definition) is 3. The summed E-state index contributed by atoms with van der Waals surface area (Å²) in [4.78, 5) is 26.7. The normalized spacial score (nSPS) is 19.9. The molecule has 1 heterocycles. The Balaban J connectivity index is 1.59. The van der Waals surface area contributed by atoms with E-state index < -0.39 is 6.04 Å². The van der Waals surface area contributed by atoms with Gasteiger partial charge in [0, 0.05) is 23.8 Å². The third kappa shape index (κ3) is 3.82. The molecule has 2 aromatic rings. The van der Waals surface area contributed by atoms with E-state index in [4.69, 9.17) is 5.73 Å². The number of nitrogen functional groups attached to an aromatic ring is 1. The fourth-order valence-electron chi connectivity index (χ4n) is 3.30. The molecule has 0 spiro atoms. The third-order valence-electron chi connectivity index (χ3n) is 4.60. The quantitative estimate of drug-likeness (QED) is 0.823. The number of nitrogens with two attached hydrogens (primary N) is 1. The molecule has 2 amide bonds. The molecule has 5 nitrogen and oxygen atoms in total. The molecule has 1 aliphatic heterocycles. The monoisotopic (exact) mass is 337 g/mol. The zero-order valence-electron chi connectivity index (χ0n) is 14.3. The van der Waals surface area contributed by atoms with E-state index in [1.165, 1.54) is 0 Å². The summed E-state index contributed by atoms with van der Waals surface area (Å²) in [6.07, 6.45) is 1.50. The Morgan fingerprint density at radius 2 is 1.84 bits per heavy atom. The molecule has 0 bridgehead atoms. The number of nitrogens with zero attached hydrogens (tertiary/aromatic N) is 1. The van der Waals surface area contributed by atoms with Crippen LogP contribution in [0.3, 0.4) is 0 Å². The SMILES string of the molecule is C[C@H]1C[C@H](NC(=O)CCc2ccccc2N)C(=O)N1c1ccccc1. The van der Waals surface area contributed by atoms with Crippen LogP contribution in [0.25, 0.3) is 0 Å². The zero-order valence-corrected chi connectivity index (χ0v) is 14.3. The van der Waals surface area contributed by atoms with Crippen molar-refractivity contribution in [2.45, 2.75) is 38.3 Å². The van der Waals surface area contributed by atoms with Gasteiger partial charge in [0.25, 0.3) is 0 Å². The van der Waals surface area contributed by atoms with E-state index in [0.717, 1.165) is 11.3 Å². The van der Waals surface area contributed by atoms with E-state index in [1.807, 2.05) is 61.5 Å². The van der Waals surface area contributed by atoms with Gasteiger partial charge in [0.05, 0.1) is 0 Å². The van der Waals surface area contributed by atoms with E-state index in [9.17, 15) is 9.59 Å². The van der Waals surface area contributed by atoms with Crippen LogP contribution >= 0.6 is 0 Å². The fourth-order valence-corrected chi connectivity index (χ4v) is 3.30. The average Bonchev–Trinajstić information content (AvgIpc) is 2.88. The number of nitrogens with one attached hydrogen (secondary N) is 1. The van der Waals surface area contributed by atoms with Crippen molar-refractivity contribution in [1.29, 1.82) is 0 Å². The molecule has 1 aliphatic rings. The van der Waals surface area contributed by atoms with Crippen molar-refractivity contribution >= 4 is 23.2 Å². The van der Waals surface area contributed by atoms with E-state index in [-0.39, 0.29) is 17.9 Å². The number of hydrogen-bond donors (Lipinski definition) is 2. The summed E-state index contributed by atoms with van der Waals surface area (Å²) in [5.41, 5.74) is 8.41. The van der Waals surface area contributed by atoms with Crippen molar-refractivity contribution in [2.75, 3.05) is 10.6 Å². The van der Waals surface area contributed by atoms with E-state index in [1.54, 1.807) is 4.90 Å². The van der Waals surface area contributed by atoms with Crippen LogP contribution in [-0.4, -0.2) is 23.9 Å². The van der Waals surface area contributed by atoms with Gasteiger partial charge in [-0.25, -0.2) is 0 Å². The number of benzene rings is 2. The molecular weight excluding hydrogens is 314 g/mol. The van der Waals surface area contributed by atoms with Crippen LogP contribution in [0.1, 0.15) is 25.3 Å². The minimum atomic E-state index is -0.462. The van der Waals surface area contributed by atoms with Gasteiger partial charge in [-0.15, -0.1) is 0 Å². The number of amides is 2. The van der Waals surface area contributed by atoms with Crippen LogP contribution in [-0.2, 0) is 16.0 Å². The second kappa shape index (κ2) is 7.38.